The van der Waals surface area contributed by atoms with Gasteiger partial charge in [-0.1, -0.05) is 6.07 Å². The number of hydrogen-bond donors (Lipinski definition) is 4. The van der Waals surface area contributed by atoms with Crippen molar-refractivity contribution in [2.45, 2.75) is 25.7 Å². The van der Waals surface area contributed by atoms with Gasteiger partial charge in [-0.15, -0.1) is 0 Å². The van der Waals surface area contributed by atoms with Crippen LogP contribution in [0.25, 0.3) is 0 Å². The maximum atomic E-state index is 11.9. The van der Waals surface area contributed by atoms with Crippen LogP contribution >= 0.6 is 0 Å². The van der Waals surface area contributed by atoms with E-state index in [4.69, 9.17) is 25.9 Å². The highest BCUT2D eigenvalue weighted by atomic mass is 16.5. The molecule has 176 valence electrons. The number of aromatic nitrogens is 1. The molecule has 2 atom stereocenters. The first kappa shape index (κ1) is 23.4. The normalized spacial score (nSPS) is 20.3. The van der Waals surface area contributed by atoms with Crippen LogP contribution in [0, 0.1) is 23.7 Å². The van der Waals surface area contributed by atoms with E-state index < -0.39 is 0 Å². The molecule has 1 fully saturated rings. The highest BCUT2D eigenvalue weighted by Gasteiger charge is 2.30. The molecule has 0 spiro atoms. The molecule has 10 nitrogen and oxygen atoms in total. The number of nitrogens with zero attached hydrogens (tertiary/aromatic N) is 3. The second-order valence-electron chi connectivity index (χ2n) is 8.27. The monoisotopic (exact) mass is 461 g/mol. The van der Waals surface area contributed by atoms with Gasteiger partial charge in [0.2, 0.25) is 5.88 Å². The zero-order chi connectivity index (χ0) is 24.2. The zero-order valence-electron chi connectivity index (χ0n) is 19.1. The Morgan fingerprint density at radius 3 is 3.00 bits per heavy atom. The highest BCUT2D eigenvalue weighted by Crippen LogP contribution is 2.30. The summed E-state index contributed by atoms with van der Waals surface area (Å²) in [5.41, 5.74) is 11.1. The molecule has 4 rings (SSSR count). The molecule has 2 aliphatic heterocycles. The number of nitrogens with two attached hydrogens (primary N) is 1. The van der Waals surface area contributed by atoms with Crippen LogP contribution in [0.3, 0.4) is 0 Å². The van der Waals surface area contributed by atoms with Crippen molar-refractivity contribution < 1.29 is 14.3 Å². The lowest BCUT2D eigenvalue weighted by Gasteiger charge is -2.38. The second kappa shape index (κ2) is 10.0. The fourth-order valence-corrected chi connectivity index (χ4v) is 4.36. The standard InChI is InChI=1S/C24H27N7O3/c1-14-17(4-5-18-19(14)13-34-24(18)32)20-11-31(12-21(27)29-20)10-15(7-25)9-28-22-6-3-16(8-26)23(30-22)33-2/h3-7,9,20-21,25,29H,10-13,27H2,1-2H3,(H,28,30)/b15-9+,25-7?/t20-,21+/m0/s1. The zero-order valence-corrected chi connectivity index (χ0v) is 19.1. The number of piperazine rings is 1. The number of pyridine rings is 1. The summed E-state index contributed by atoms with van der Waals surface area (Å²) in [6, 6.07) is 9.11. The first-order valence-electron chi connectivity index (χ1n) is 10.9. The van der Waals surface area contributed by atoms with E-state index >= 15 is 0 Å². The van der Waals surface area contributed by atoms with Crippen LogP contribution in [-0.4, -0.2) is 55.0 Å². The molecule has 2 aromatic rings. The number of carbonyl (C=O) groups excluding carboxylic acids is 1. The molecule has 34 heavy (non-hydrogen) atoms. The first-order valence-corrected chi connectivity index (χ1v) is 10.9. The quantitative estimate of drug-likeness (QED) is 0.358. The number of nitrogens with one attached hydrogen (secondary N) is 3. The number of anilines is 1. The number of fused-ring (bicyclic) bond motifs is 1. The molecule has 0 bridgehead atoms. The second-order valence-corrected chi connectivity index (χ2v) is 8.27. The van der Waals surface area contributed by atoms with Gasteiger partial charge in [0.1, 0.15) is 24.1 Å². The number of methoxy groups -OCH3 is 1. The predicted octanol–water partition coefficient (Wildman–Crippen LogP) is 1.82. The van der Waals surface area contributed by atoms with E-state index in [9.17, 15) is 4.79 Å². The number of esters is 1. The Labute approximate surface area is 197 Å². The number of carbonyl (C=O) groups is 1. The topological polar surface area (TPSA) is 149 Å². The third-order valence-corrected chi connectivity index (χ3v) is 6.07. The summed E-state index contributed by atoms with van der Waals surface area (Å²) in [5.74, 6) is 0.475. The van der Waals surface area contributed by atoms with Crippen LogP contribution in [-0.2, 0) is 11.3 Å². The molecule has 5 N–H and O–H groups in total. The SMILES string of the molecule is COc1nc(N/C=C(\C=N)CN2C[C@@H](c3ccc4c(c3C)COC4=O)N[C@@H](N)C2)ccc1C#N. The summed E-state index contributed by atoms with van der Waals surface area (Å²) < 4.78 is 10.3. The van der Waals surface area contributed by atoms with E-state index in [2.05, 4.69) is 20.5 Å². The fourth-order valence-electron chi connectivity index (χ4n) is 4.36. The number of hydrogen-bond acceptors (Lipinski definition) is 10. The van der Waals surface area contributed by atoms with E-state index in [1.165, 1.54) is 13.3 Å². The highest BCUT2D eigenvalue weighted by molar-refractivity contribution is 5.94. The molecular formula is C24H27N7O3. The van der Waals surface area contributed by atoms with Crippen LogP contribution in [0.15, 0.2) is 36.0 Å². The fraction of sp³-hybridized carbons (Fsp3) is 0.333. The van der Waals surface area contributed by atoms with Crippen LogP contribution in [0.5, 0.6) is 5.88 Å². The molecule has 10 heteroatoms. The lowest BCUT2D eigenvalue weighted by atomic mass is 9.92. The number of benzene rings is 1. The number of ether oxygens (including phenoxy) is 2. The summed E-state index contributed by atoms with van der Waals surface area (Å²) >= 11 is 0. The summed E-state index contributed by atoms with van der Waals surface area (Å²) in [6.07, 6.45) is 2.77. The molecule has 1 aromatic heterocycles. The van der Waals surface area contributed by atoms with Crippen molar-refractivity contribution >= 4 is 18.0 Å². The smallest absolute Gasteiger partial charge is 0.338 e. The van der Waals surface area contributed by atoms with Crippen molar-refractivity contribution in [2.24, 2.45) is 5.73 Å². The van der Waals surface area contributed by atoms with E-state index in [1.54, 1.807) is 18.3 Å². The Kier molecular flexibility index (Phi) is 6.88. The minimum atomic E-state index is -0.276. The minimum absolute atomic E-state index is 0.0193. The van der Waals surface area contributed by atoms with Gasteiger partial charge < -0.3 is 25.9 Å². The van der Waals surface area contributed by atoms with Crippen LogP contribution in [0.4, 0.5) is 5.82 Å². The van der Waals surface area contributed by atoms with Crippen molar-refractivity contribution in [2.75, 3.05) is 32.1 Å². The van der Waals surface area contributed by atoms with Gasteiger partial charge >= 0.3 is 5.97 Å². The van der Waals surface area contributed by atoms with Gasteiger partial charge in [-0.3, -0.25) is 10.2 Å². The third kappa shape index (κ3) is 4.77. The Morgan fingerprint density at radius 2 is 2.26 bits per heavy atom. The van der Waals surface area contributed by atoms with Crippen molar-refractivity contribution in [1.82, 2.24) is 15.2 Å². The summed E-state index contributed by atoms with van der Waals surface area (Å²) in [4.78, 5) is 18.3. The van der Waals surface area contributed by atoms with Crippen molar-refractivity contribution in [3.05, 3.63) is 63.9 Å². The lowest BCUT2D eigenvalue weighted by Crippen LogP contribution is -2.56. The van der Waals surface area contributed by atoms with E-state index in [0.717, 1.165) is 22.3 Å². The van der Waals surface area contributed by atoms with Gasteiger partial charge in [0.25, 0.3) is 0 Å². The number of nitriles is 1. The maximum Gasteiger partial charge on any atom is 0.338 e. The predicted molar refractivity (Wildman–Crippen MR) is 127 cm³/mol. The first-order chi connectivity index (χ1) is 16.4. The maximum absolute atomic E-state index is 11.9. The summed E-state index contributed by atoms with van der Waals surface area (Å²) in [7, 11) is 1.46. The Bertz CT molecular complexity index is 1190. The Balaban J connectivity index is 1.47. The molecular weight excluding hydrogens is 434 g/mol. The van der Waals surface area contributed by atoms with Crippen molar-refractivity contribution in [1.29, 1.82) is 10.7 Å². The Morgan fingerprint density at radius 1 is 1.44 bits per heavy atom. The Hall–Kier alpha value is -3.78. The number of rotatable bonds is 7. The lowest BCUT2D eigenvalue weighted by molar-refractivity contribution is 0.0535. The van der Waals surface area contributed by atoms with Gasteiger partial charge in [0, 0.05) is 43.7 Å². The van der Waals surface area contributed by atoms with E-state index in [0.29, 0.717) is 43.2 Å². The minimum Gasteiger partial charge on any atom is -0.480 e. The third-order valence-electron chi connectivity index (χ3n) is 6.07. The van der Waals surface area contributed by atoms with Gasteiger partial charge in [0.15, 0.2) is 0 Å². The van der Waals surface area contributed by atoms with E-state index in [1.807, 2.05) is 25.1 Å². The van der Waals surface area contributed by atoms with Crippen LogP contribution < -0.4 is 21.1 Å². The molecule has 2 aliphatic rings. The molecule has 1 aromatic carbocycles. The van der Waals surface area contributed by atoms with Crippen molar-refractivity contribution in [3.63, 3.8) is 0 Å². The summed E-state index contributed by atoms with van der Waals surface area (Å²) in [5, 5.41) is 23.5. The van der Waals surface area contributed by atoms with Gasteiger partial charge in [-0.25, -0.2) is 4.79 Å². The summed E-state index contributed by atoms with van der Waals surface area (Å²) in [6.45, 7) is 4.14. The molecule has 0 aliphatic carbocycles. The molecule has 0 unspecified atom stereocenters. The molecule has 3 heterocycles. The average Bonchev–Trinajstić information content (AvgIpc) is 3.22. The van der Waals surface area contributed by atoms with Gasteiger partial charge in [0.05, 0.1) is 18.8 Å². The number of cyclic esters (lactones) is 1. The molecule has 1 saturated heterocycles. The van der Waals surface area contributed by atoms with Gasteiger partial charge in [-0.05, 0) is 41.8 Å². The molecule has 0 radical (unpaired) electrons. The molecule has 0 saturated carbocycles. The van der Waals surface area contributed by atoms with Crippen molar-refractivity contribution in [3.8, 4) is 11.9 Å². The van der Waals surface area contributed by atoms with Gasteiger partial charge in [-0.2, -0.15) is 10.2 Å². The largest absolute Gasteiger partial charge is 0.480 e. The van der Waals surface area contributed by atoms with Crippen LogP contribution in [0.2, 0.25) is 0 Å². The van der Waals surface area contributed by atoms with E-state index in [-0.39, 0.29) is 24.1 Å². The average molecular weight is 462 g/mol. The molecule has 0 amide bonds. The van der Waals surface area contributed by atoms with Crippen LogP contribution in [0.1, 0.15) is 38.7 Å².